The fourth-order valence-corrected chi connectivity index (χ4v) is 6.09. The van der Waals surface area contributed by atoms with E-state index in [-0.39, 0.29) is 41.5 Å². The predicted octanol–water partition coefficient (Wildman–Crippen LogP) is 3.85. The van der Waals surface area contributed by atoms with Crippen LogP contribution in [-0.2, 0) is 11.3 Å². The number of fused-ring (bicyclic) bond motifs is 3. The summed E-state index contributed by atoms with van der Waals surface area (Å²) in [6.45, 7) is 2.60. The van der Waals surface area contributed by atoms with Gasteiger partial charge in [-0.05, 0) is 18.9 Å². The molecule has 37 heavy (non-hydrogen) atoms. The van der Waals surface area contributed by atoms with Gasteiger partial charge in [-0.1, -0.05) is 48.5 Å². The second-order valence-corrected chi connectivity index (χ2v) is 10.1. The zero-order valence-electron chi connectivity index (χ0n) is 20.7. The molecule has 8 nitrogen and oxygen atoms in total. The molecule has 0 atom stereocenters. The number of carbonyl (C=O) groups is 3. The van der Waals surface area contributed by atoms with Crippen LogP contribution in [-0.4, -0.2) is 53.3 Å². The van der Waals surface area contributed by atoms with Gasteiger partial charge in [0.2, 0.25) is 5.91 Å². The largest absolute Gasteiger partial charge is 0.494 e. The molecule has 0 unspecified atom stereocenters. The van der Waals surface area contributed by atoms with E-state index in [4.69, 9.17) is 4.74 Å². The number of ether oxygens (including phenoxy) is 1. The Labute approximate surface area is 217 Å². The number of thiophene rings is 1. The highest BCUT2D eigenvalue weighted by molar-refractivity contribution is 7.22. The van der Waals surface area contributed by atoms with E-state index in [1.165, 1.54) is 23.0 Å². The van der Waals surface area contributed by atoms with E-state index in [0.717, 1.165) is 5.39 Å². The van der Waals surface area contributed by atoms with E-state index in [1.807, 2.05) is 30.3 Å². The number of pyridine rings is 1. The van der Waals surface area contributed by atoms with Crippen LogP contribution in [0.3, 0.4) is 0 Å². The van der Waals surface area contributed by atoms with Crippen molar-refractivity contribution in [3.8, 4) is 5.75 Å². The summed E-state index contributed by atoms with van der Waals surface area (Å²) in [5, 5.41) is 4.12. The number of benzene rings is 2. The lowest BCUT2D eigenvalue weighted by Crippen LogP contribution is -2.45. The average molecular weight is 518 g/mol. The molecule has 2 aromatic carbocycles. The second-order valence-electron chi connectivity index (χ2n) is 9.12. The Hall–Kier alpha value is -3.98. The van der Waals surface area contributed by atoms with E-state index in [1.54, 1.807) is 36.1 Å². The summed E-state index contributed by atoms with van der Waals surface area (Å²) in [7, 11) is 1.44. The van der Waals surface area contributed by atoms with Crippen molar-refractivity contribution >= 4 is 49.9 Å². The number of rotatable bonds is 6. The zero-order chi connectivity index (χ0) is 26.1. The summed E-state index contributed by atoms with van der Waals surface area (Å²) in [5.41, 5.74) is 0.767. The lowest BCUT2D eigenvalue weighted by molar-refractivity contribution is -0.129. The van der Waals surface area contributed by atoms with Gasteiger partial charge in [0, 0.05) is 37.0 Å². The number of amides is 2. The zero-order valence-corrected chi connectivity index (χ0v) is 21.5. The van der Waals surface area contributed by atoms with Gasteiger partial charge in [-0.3, -0.25) is 23.7 Å². The summed E-state index contributed by atoms with van der Waals surface area (Å²) >= 11 is 1.22. The number of Topliss-reactive ketones (excluding diaryl/α,β-unsaturated/α-hetero) is 1. The molecule has 3 heterocycles. The number of methoxy groups -OCH3 is 1. The Morgan fingerprint density at radius 2 is 1.70 bits per heavy atom. The van der Waals surface area contributed by atoms with Gasteiger partial charge in [0.25, 0.3) is 11.5 Å². The Bertz CT molecular complexity index is 1570. The fourth-order valence-electron chi connectivity index (χ4n) is 4.90. The molecule has 0 saturated carbocycles. The fraction of sp³-hybridized carbons (Fsp3) is 0.286. The summed E-state index contributed by atoms with van der Waals surface area (Å²) < 4.78 is 7.74. The van der Waals surface area contributed by atoms with Gasteiger partial charge >= 0.3 is 0 Å². The first kappa shape index (κ1) is 24.7. The number of piperidine rings is 1. The molecule has 0 aliphatic carbocycles. The van der Waals surface area contributed by atoms with Gasteiger partial charge < -0.3 is 15.0 Å². The van der Waals surface area contributed by atoms with Crippen molar-refractivity contribution in [2.24, 2.45) is 0 Å². The van der Waals surface area contributed by atoms with Crippen LogP contribution in [0.1, 0.15) is 39.8 Å². The van der Waals surface area contributed by atoms with Crippen LogP contribution in [0.2, 0.25) is 0 Å². The van der Waals surface area contributed by atoms with Crippen molar-refractivity contribution in [2.45, 2.75) is 32.4 Å². The highest BCUT2D eigenvalue weighted by atomic mass is 32.1. The van der Waals surface area contributed by atoms with Gasteiger partial charge in [-0.2, -0.15) is 0 Å². The molecule has 0 spiro atoms. The van der Waals surface area contributed by atoms with Gasteiger partial charge in [0.1, 0.15) is 10.3 Å². The third-order valence-electron chi connectivity index (χ3n) is 6.85. The number of hydrogen-bond donors (Lipinski definition) is 1. The molecule has 190 valence electrons. The molecule has 1 aliphatic rings. The Balaban J connectivity index is 1.55. The van der Waals surface area contributed by atoms with Crippen LogP contribution in [0.15, 0.2) is 59.4 Å². The van der Waals surface area contributed by atoms with Gasteiger partial charge in [0.05, 0.1) is 23.9 Å². The summed E-state index contributed by atoms with van der Waals surface area (Å²) in [4.78, 5) is 53.9. The summed E-state index contributed by atoms with van der Waals surface area (Å²) in [5.74, 6) is -0.244. The topological polar surface area (TPSA) is 97.7 Å². The first-order valence-corrected chi connectivity index (χ1v) is 13.0. The van der Waals surface area contributed by atoms with Crippen LogP contribution in [0.25, 0.3) is 21.0 Å². The number of ketones is 1. The third kappa shape index (κ3) is 4.62. The van der Waals surface area contributed by atoms with Crippen molar-refractivity contribution in [1.29, 1.82) is 0 Å². The predicted molar refractivity (Wildman–Crippen MR) is 144 cm³/mol. The smallest absolute Gasteiger partial charge is 0.265 e. The molecule has 1 fully saturated rings. The normalized spacial score (nSPS) is 14.2. The summed E-state index contributed by atoms with van der Waals surface area (Å²) in [6.07, 6.45) is 1.33. The minimum atomic E-state index is -0.375. The van der Waals surface area contributed by atoms with E-state index in [2.05, 4.69) is 5.32 Å². The van der Waals surface area contributed by atoms with Gasteiger partial charge in [-0.25, -0.2) is 0 Å². The highest BCUT2D eigenvalue weighted by Gasteiger charge is 2.28. The van der Waals surface area contributed by atoms with Crippen LogP contribution < -0.4 is 15.6 Å². The molecule has 1 aliphatic heterocycles. The van der Waals surface area contributed by atoms with E-state index < -0.39 is 0 Å². The SMILES string of the molecule is COc1c(C(=O)NC2CCN(C(C)=O)CC2)sc2c1c(=O)n(CC(=O)c1ccccc1)c1ccccc21. The van der Waals surface area contributed by atoms with E-state index in [0.29, 0.717) is 52.0 Å². The lowest BCUT2D eigenvalue weighted by atomic mass is 10.0. The molecule has 4 aromatic rings. The van der Waals surface area contributed by atoms with Gasteiger partial charge in [0.15, 0.2) is 11.5 Å². The Morgan fingerprint density at radius 1 is 1.03 bits per heavy atom. The molecule has 9 heteroatoms. The quantitative estimate of drug-likeness (QED) is 0.392. The molecule has 1 N–H and O–H groups in total. The van der Waals surface area contributed by atoms with E-state index in [9.17, 15) is 19.2 Å². The first-order chi connectivity index (χ1) is 17.9. The monoisotopic (exact) mass is 517 g/mol. The van der Waals surface area contributed by atoms with Crippen LogP contribution in [0.5, 0.6) is 5.75 Å². The van der Waals surface area contributed by atoms with E-state index >= 15 is 0 Å². The molecular formula is C28H27N3O5S. The standard InChI is InChI=1S/C28H27N3O5S/c1-17(32)30-14-12-19(13-15-30)29-27(34)26-24(36-2)23-25(37-26)20-10-6-7-11-21(20)31(28(23)35)16-22(33)18-8-4-3-5-9-18/h3-11,19H,12-16H2,1-2H3,(H,29,34). The maximum Gasteiger partial charge on any atom is 0.265 e. The van der Waals surface area contributed by atoms with Crippen molar-refractivity contribution in [2.75, 3.05) is 20.2 Å². The number of nitrogens with one attached hydrogen (secondary N) is 1. The molecule has 2 amide bonds. The number of hydrogen-bond acceptors (Lipinski definition) is 6. The molecule has 0 bridgehead atoms. The highest BCUT2D eigenvalue weighted by Crippen LogP contribution is 2.39. The molecule has 2 aromatic heterocycles. The van der Waals surface area contributed by atoms with Crippen molar-refractivity contribution in [1.82, 2.24) is 14.8 Å². The van der Waals surface area contributed by atoms with Crippen LogP contribution >= 0.6 is 11.3 Å². The molecule has 1 saturated heterocycles. The van der Waals surface area contributed by atoms with Crippen LogP contribution in [0, 0.1) is 0 Å². The van der Waals surface area contributed by atoms with Crippen molar-refractivity contribution in [3.05, 3.63) is 75.4 Å². The summed E-state index contributed by atoms with van der Waals surface area (Å²) in [6, 6.07) is 16.2. The maximum absolute atomic E-state index is 13.8. The number of carbonyl (C=O) groups excluding carboxylic acids is 3. The molecular weight excluding hydrogens is 490 g/mol. The lowest BCUT2D eigenvalue weighted by Gasteiger charge is -2.31. The minimum Gasteiger partial charge on any atom is -0.494 e. The number of nitrogens with zero attached hydrogens (tertiary/aromatic N) is 2. The third-order valence-corrected chi connectivity index (χ3v) is 8.05. The number of para-hydroxylation sites is 1. The number of aromatic nitrogens is 1. The minimum absolute atomic E-state index is 0.0323. The van der Waals surface area contributed by atoms with Crippen LogP contribution in [0.4, 0.5) is 0 Å². The molecule has 5 rings (SSSR count). The van der Waals surface area contributed by atoms with Crippen molar-refractivity contribution < 1.29 is 19.1 Å². The Morgan fingerprint density at radius 3 is 2.38 bits per heavy atom. The Kier molecular flexibility index (Phi) is 6.80. The maximum atomic E-state index is 13.8. The van der Waals surface area contributed by atoms with Gasteiger partial charge in [-0.15, -0.1) is 11.3 Å². The number of likely N-dealkylation sites (tertiary alicyclic amines) is 1. The second kappa shape index (κ2) is 10.2. The van der Waals surface area contributed by atoms with Crippen molar-refractivity contribution in [3.63, 3.8) is 0 Å². The first-order valence-electron chi connectivity index (χ1n) is 12.2. The molecule has 0 radical (unpaired) electrons. The average Bonchev–Trinajstić information content (AvgIpc) is 3.32.